The fourth-order valence-electron chi connectivity index (χ4n) is 5.76. The first kappa shape index (κ1) is 28.9. The molecule has 1 aliphatic heterocycles. The summed E-state index contributed by atoms with van der Waals surface area (Å²) in [6.45, 7) is 10.7. The highest BCUT2D eigenvalue weighted by atomic mass is 35.5. The molecule has 1 aromatic heterocycles. The Hall–Kier alpha value is -4.61. The fourth-order valence-corrected chi connectivity index (χ4v) is 6.03. The van der Waals surface area contributed by atoms with Crippen LogP contribution >= 0.6 is 11.6 Å². The van der Waals surface area contributed by atoms with Gasteiger partial charge in [-0.2, -0.15) is 5.26 Å². The molecule has 2 heterocycles. The summed E-state index contributed by atoms with van der Waals surface area (Å²) in [4.78, 5) is 30.3. The van der Waals surface area contributed by atoms with E-state index in [9.17, 15) is 20.0 Å². The lowest BCUT2D eigenvalue weighted by atomic mass is 9.97. The Balaban J connectivity index is 1.88. The zero-order valence-corrected chi connectivity index (χ0v) is 24.3. The minimum Gasteiger partial charge on any atom is -0.505 e. The predicted octanol–water partition coefficient (Wildman–Crippen LogP) is 6.37. The van der Waals surface area contributed by atoms with Crippen LogP contribution in [0.2, 0.25) is 5.02 Å². The number of halogens is 2. The average molecular weight is 585 g/mol. The van der Waals surface area contributed by atoms with Gasteiger partial charge in [-0.3, -0.25) is 14.2 Å². The number of hydrogen-bond donors (Lipinski definition) is 1. The minimum absolute atomic E-state index is 0.0521. The fraction of sp³-hybridized carbons (Fsp3) is 0.242. The molecule has 3 aromatic carbocycles. The number of carbonyl (C=O) groups is 1. The van der Waals surface area contributed by atoms with E-state index >= 15 is 4.39 Å². The Kier molecular flexibility index (Phi) is 7.81. The molecule has 1 amide bonds. The molecule has 1 aliphatic rings. The summed E-state index contributed by atoms with van der Waals surface area (Å²) < 4.78 is 16.6. The summed E-state index contributed by atoms with van der Waals surface area (Å²) in [6, 6.07) is 16.9. The Labute approximate surface area is 248 Å². The van der Waals surface area contributed by atoms with E-state index in [4.69, 9.17) is 11.6 Å². The average Bonchev–Trinajstić information content (AvgIpc) is 2.98. The van der Waals surface area contributed by atoms with Crippen molar-refractivity contribution in [1.29, 1.82) is 5.26 Å². The van der Waals surface area contributed by atoms with Crippen LogP contribution in [-0.4, -0.2) is 46.2 Å². The SMILES string of the molecule is C=CC(=O)N1CCN(c2c(C#N)c(=O)n(-c3ccccc3C(C)C)c3cc(-c4cccc(O)c4F)c(Cl)cc23)[C@@H](C)C1. The second-order valence-corrected chi connectivity index (χ2v) is 11.1. The monoisotopic (exact) mass is 584 g/mol. The number of rotatable bonds is 5. The molecule has 42 heavy (non-hydrogen) atoms. The Bertz CT molecular complexity index is 1840. The van der Waals surface area contributed by atoms with Crippen LogP contribution in [0.25, 0.3) is 27.7 Å². The molecule has 9 heteroatoms. The predicted molar refractivity (Wildman–Crippen MR) is 164 cm³/mol. The van der Waals surface area contributed by atoms with Gasteiger partial charge in [-0.05, 0) is 48.7 Å². The van der Waals surface area contributed by atoms with Gasteiger partial charge in [0.15, 0.2) is 11.6 Å². The quantitative estimate of drug-likeness (QED) is 0.275. The molecule has 1 atom stereocenters. The number of fused-ring (bicyclic) bond motifs is 1. The third kappa shape index (κ3) is 4.80. The number of nitrogens with zero attached hydrogens (tertiary/aromatic N) is 4. The number of pyridine rings is 1. The highest BCUT2D eigenvalue weighted by Gasteiger charge is 2.31. The van der Waals surface area contributed by atoms with Crippen molar-refractivity contribution in [2.75, 3.05) is 24.5 Å². The lowest BCUT2D eigenvalue weighted by Crippen LogP contribution is -2.54. The number of para-hydroxylation sites is 1. The summed E-state index contributed by atoms with van der Waals surface area (Å²) in [7, 11) is 0. The lowest BCUT2D eigenvalue weighted by molar-refractivity contribution is -0.126. The molecule has 214 valence electrons. The van der Waals surface area contributed by atoms with Crippen LogP contribution in [0.3, 0.4) is 0 Å². The zero-order valence-electron chi connectivity index (χ0n) is 23.6. The van der Waals surface area contributed by atoms with Gasteiger partial charge < -0.3 is 14.9 Å². The van der Waals surface area contributed by atoms with Crippen molar-refractivity contribution in [2.24, 2.45) is 0 Å². The van der Waals surface area contributed by atoms with Gasteiger partial charge in [0.1, 0.15) is 11.6 Å². The van der Waals surface area contributed by atoms with E-state index in [1.807, 2.05) is 49.9 Å². The first-order valence-electron chi connectivity index (χ1n) is 13.7. The van der Waals surface area contributed by atoms with Crippen molar-refractivity contribution >= 4 is 34.1 Å². The number of carbonyl (C=O) groups excluding carboxylic acids is 1. The molecular weight excluding hydrogens is 555 g/mol. The highest BCUT2D eigenvalue weighted by Crippen LogP contribution is 2.41. The lowest BCUT2D eigenvalue weighted by Gasteiger charge is -2.41. The largest absolute Gasteiger partial charge is 0.505 e. The Morgan fingerprint density at radius 1 is 1.17 bits per heavy atom. The van der Waals surface area contributed by atoms with Crippen LogP contribution in [0.4, 0.5) is 10.1 Å². The first-order chi connectivity index (χ1) is 20.1. The summed E-state index contributed by atoms with van der Waals surface area (Å²) in [6.07, 6.45) is 1.27. The molecule has 0 bridgehead atoms. The summed E-state index contributed by atoms with van der Waals surface area (Å²) in [5.41, 5.74) is 2.14. The van der Waals surface area contributed by atoms with Crippen LogP contribution < -0.4 is 10.5 Å². The van der Waals surface area contributed by atoms with Gasteiger partial charge >= 0.3 is 0 Å². The van der Waals surface area contributed by atoms with Crippen LogP contribution in [-0.2, 0) is 4.79 Å². The number of hydrogen-bond acceptors (Lipinski definition) is 5. The number of aromatic hydroxyl groups is 1. The van der Waals surface area contributed by atoms with E-state index in [-0.39, 0.29) is 39.6 Å². The zero-order chi connectivity index (χ0) is 30.3. The number of phenolic OH excluding ortho intramolecular Hbond substituents is 1. The summed E-state index contributed by atoms with van der Waals surface area (Å²) in [5, 5.41) is 21.2. The second kappa shape index (κ2) is 11.3. The molecule has 5 rings (SSSR count). The van der Waals surface area contributed by atoms with Crippen molar-refractivity contribution in [2.45, 2.75) is 32.7 Å². The van der Waals surface area contributed by atoms with Crippen LogP contribution in [0.5, 0.6) is 5.75 Å². The van der Waals surface area contributed by atoms with Gasteiger partial charge in [-0.25, -0.2) is 4.39 Å². The van der Waals surface area contributed by atoms with Gasteiger partial charge in [0.2, 0.25) is 5.91 Å². The topological polar surface area (TPSA) is 89.6 Å². The maximum absolute atomic E-state index is 15.1. The molecular formula is C33H30ClFN4O3. The van der Waals surface area contributed by atoms with E-state index < -0.39 is 17.1 Å². The molecule has 0 saturated carbocycles. The van der Waals surface area contributed by atoms with Crippen molar-refractivity contribution in [1.82, 2.24) is 9.47 Å². The number of amides is 1. The van der Waals surface area contributed by atoms with Crippen LogP contribution in [0.1, 0.15) is 37.8 Å². The number of benzene rings is 3. The molecule has 0 spiro atoms. The standard InChI is InChI=1S/C33H30ClFN4O3/c1-5-30(41)37-13-14-38(20(4)18-37)32-24-15-26(34)23(22-10-8-12-29(40)31(22)35)16-28(24)39(33(42)25(32)17-36)27-11-7-6-9-21(27)19(2)3/h5-12,15-16,19-20,40H,1,13-14,18H2,2-4H3/t20-/m0/s1. The molecule has 1 fully saturated rings. The van der Waals surface area contributed by atoms with E-state index in [0.717, 1.165) is 5.56 Å². The normalized spacial score (nSPS) is 15.2. The molecule has 1 N–H and O–H groups in total. The Morgan fingerprint density at radius 2 is 1.90 bits per heavy atom. The molecule has 4 aromatic rings. The number of nitriles is 1. The first-order valence-corrected chi connectivity index (χ1v) is 14.0. The van der Waals surface area contributed by atoms with E-state index in [1.54, 1.807) is 17.0 Å². The second-order valence-electron chi connectivity index (χ2n) is 10.7. The summed E-state index contributed by atoms with van der Waals surface area (Å²) in [5.74, 6) is -1.49. The number of anilines is 1. The number of aromatic nitrogens is 1. The minimum atomic E-state index is -0.833. The van der Waals surface area contributed by atoms with E-state index in [1.165, 1.54) is 28.8 Å². The van der Waals surface area contributed by atoms with Gasteiger partial charge in [0.05, 0.1) is 16.9 Å². The van der Waals surface area contributed by atoms with Gasteiger partial charge in [0.25, 0.3) is 5.56 Å². The number of phenols is 1. The maximum atomic E-state index is 15.1. The highest BCUT2D eigenvalue weighted by molar-refractivity contribution is 6.34. The number of piperazine rings is 1. The van der Waals surface area contributed by atoms with E-state index in [2.05, 4.69) is 12.6 Å². The molecule has 7 nitrogen and oxygen atoms in total. The van der Waals surface area contributed by atoms with E-state index in [0.29, 0.717) is 41.9 Å². The molecule has 0 unspecified atom stereocenters. The van der Waals surface area contributed by atoms with Crippen molar-refractivity contribution in [3.63, 3.8) is 0 Å². The van der Waals surface area contributed by atoms with Crippen LogP contribution in [0, 0.1) is 17.1 Å². The maximum Gasteiger partial charge on any atom is 0.275 e. The van der Waals surface area contributed by atoms with Gasteiger partial charge in [0, 0.05) is 47.2 Å². The van der Waals surface area contributed by atoms with Gasteiger partial charge in [-0.15, -0.1) is 0 Å². The third-order valence-electron chi connectivity index (χ3n) is 7.82. The third-order valence-corrected chi connectivity index (χ3v) is 8.13. The molecule has 1 saturated heterocycles. The van der Waals surface area contributed by atoms with Crippen molar-refractivity contribution < 1.29 is 14.3 Å². The van der Waals surface area contributed by atoms with Crippen molar-refractivity contribution in [3.05, 3.63) is 99.6 Å². The molecule has 0 aliphatic carbocycles. The Morgan fingerprint density at radius 3 is 2.57 bits per heavy atom. The van der Waals surface area contributed by atoms with Gasteiger partial charge in [-0.1, -0.05) is 62.4 Å². The van der Waals surface area contributed by atoms with Crippen LogP contribution in [0.15, 0.2) is 72.0 Å². The van der Waals surface area contributed by atoms with Crippen molar-refractivity contribution in [3.8, 4) is 28.6 Å². The smallest absolute Gasteiger partial charge is 0.275 e. The molecule has 0 radical (unpaired) electrons. The summed E-state index contributed by atoms with van der Waals surface area (Å²) >= 11 is 6.81.